The SMILES string of the molecule is NC(CNC(=O)c1cccc2nc(N3CCNCC3)ccc12)c1cnc(C(F)(F)F)nc1. The number of halogens is 3. The Morgan fingerprint density at radius 1 is 1.16 bits per heavy atom. The molecule has 1 atom stereocenters. The highest BCUT2D eigenvalue weighted by Crippen LogP contribution is 2.26. The van der Waals surface area contributed by atoms with Gasteiger partial charge in [-0.3, -0.25) is 4.79 Å². The van der Waals surface area contributed by atoms with Crippen LogP contribution < -0.4 is 21.3 Å². The molecule has 0 radical (unpaired) electrons. The third kappa shape index (κ3) is 4.78. The van der Waals surface area contributed by atoms with E-state index >= 15 is 0 Å². The molecule has 32 heavy (non-hydrogen) atoms. The van der Waals surface area contributed by atoms with Crippen molar-refractivity contribution in [1.82, 2.24) is 25.6 Å². The van der Waals surface area contributed by atoms with Crippen LogP contribution in [-0.4, -0.2) is 53.6 Å². The van der Waals surface area contributed by atoms with Gasteiger partial charge in [0.15, 0.2) is 0 Å². The summed E-state index contributed by atoms with van der Waals surface area (Å²) in [5, 5.41) is 6.73. The van der Waals surface area contributed by atoms with Gasteiger partial charge >= 0.3 is 6.18 Å². The van der Waals surface area contributed by atoms with Gasteiger partial charge in [-0.2, -0.15) is 13.2 Å². The van der Waals surface area contributed by atoms with E-state index < -0.39 is 18.0 Å². The average Bonchev–Trinajstić information content (AvgIpc) is 2.81. The van der Waals surface area contributed by atoms with Crippen molar-refractivity contribution >= 4 is 22.6 Å². The molecule has 3 heterocycles. The molecule has 1 saturated heterocycles. The molecule has 1 aliphatic rings. The van der Waals surface area contributed by atoms with Crippen LogP contribution in [0.5, 0.6) is 0 Å². The first-order chi connectivity index (χ1) is 15.3. The number of alkyl halides is 3. The molecule has 4 rings (SSSR count). The van der Waals surface area contributed by atoms with Crippen LogP contribution in [0.1, 0.15) is 27.8 Å². The number of carbonyl (C=O) groups is 1. The normalized spacial score (nSPS) is 15.6. The molecular weight excluding hydrogens is 423 g/mol. The summed E-state index contributed by atoms with van der Waals surface area (Å²) in [7, 11) is 0. The molecule has 168 valence electrons. The third-order valence-corrected chi connectivity index (χ3v) is 5.24. The second-order valence-corrected chi connectivity index (χ2v) is 7.43. The Hall–Kier alpha value is -3.31. The van der Waals surface area contributed by atoms with Crippen LogP contribution in [-0.2, 0) is 6.18 Å². The maximum Gasteiger partial charge on any atom is 0.451 e. The lowest BCUT2D eigenvalue weighted by atomic mass is 10.1. The predicted octanol–water partition coefficient (Wildman–Crippen LogP) is 1.88. The van der Waals surface area contributed by atoms with Crippen molar-refractivity contribution in [1.29, 1.82) is 0 Å². The zero-order valence-electron chi connectivity index (χ0n) is 17.1. The number of fused-ring (bicyclic) bond motifs is 1. The topological polar surface area (TPSA) is 109 Å². The van der Waals surface area contributed by atoms with E-state index in [0.717, 1.165) is 44.4 Å². The molecular formula is C21H22F3N7O. The summed E-state index contributed by atoms with van der Waals surface area (Å²) in [4.78, 5) is 26.3. The standard InChI is InChI=1S/C21H22F3N7O/c22-21(23,24)20-28-10-13(11-29-20)16(25)12-27-19(32)15-2-1-3-17-14(15)4-5-18(30-17)31-8-6-26-7-9-31/h1-5,10-11,16,26H,6-9,12,25H2,(H,27,32). The molecule has 1 aliphatic heterocycles. The fourth-order valence-electron chi connectivity index (χ4n) is 3.50. The number of benzene rings is 1. The fourth-order valence-corrected chi connectivity index (χ4v) is 3.50. The van der Waals surface area contributed by atoms with Crippen molar-refractivity contribution in [2.75, 3.05) is 37.6 Å². The lowest BCUT2D eigenvalue weighted by Crippen LogP contribution is -2.43. The molecule has 1 amide bonds. The van der Waals surface area contributed by atoms with E-state index in [0.29, 0.717) is 22.0 Å². The molecule has 1 unspecified atom stereocenters. The monoisotopic (exact) mass is 445 g/mol. The summed E-state index contributed by atoms with van der Waals surface area (Å²) in [6.07, 6.45) is -2.58. The van der Waals surface area contributed by atoms with Gasteiger partial charge in [-0.05, 0) is 24.3 Å². The summed E-state index contributed by atoms with van der Waals surface area (Å²) in [6.45, 7) is 3.53. The predicted molar refractivity (Wildman–Crippen MR) is 113 cm³/mol. The fraction of sp³-hybridized carbons (Fsp3) is 0.333. The van der Waals surface area contributed by atoms with Crippen LogP contribution in [0.3, 0.4) is 0 Å². The van der Waals surface area contributed by atoms with Crippen LogP contribution >= 0.6 is 0 Å². The molecule has 1 aromatic carbocycles. The zero-order valence-corrected chi connectivity index (χ0v) is 17.1. The van der Waals surface area contributed by atoms with Crippen LogP contribution in [0.25, 0.3) is 10.9 Å². The van der Waals surface area contributed by atoms with E-state index in [1.165, 1.54) is 0 Å². The highest BCUT2D eigenvalue weighted by Gasteiger charge is 2.34. The van der Waals surface area contributed by atoms with Crippen LogP contribution in [0.4, 0.5) is 19.0 Å². The summed E-state index contributed by atoms with van der Waals surface area (Å²) < 4.78 is 37.8. The molecule has 11 heteroatoms. The number of pyridine rings is 1. The molecule has 1 fully saturated rings. The van der Waals surface area contributed by atoms with E-state index in [2.05, 4.69) is 25.5 Å². The number of hydrogen-bond donors (Lipinski definition) is 3. The van der Waals surface area contributed by atoms with Crippen molar-refractivity contribution in [3.63, 3.8) is 0 Å². The van der Waals surface area contributed by atoms with E-state index in [-0.39, 0.29) is 12.5 Å². The molecule has 0 bridgehead atoms. The Kier molecular flexibility index (Phi) is 6.19. The van der Waals surface area contributed by atoms with E-state index in [1.807, 2.05) is 18.2 Å². The molecule has 0 saturated carbocycles. The lowest BCUT2D eigenvalue weighted by Gasteiger charge is -2.28. The minimum Gasteiger partial charge on any atom is -0.354 e. The van der Waals surface area contributed by atoms with Crippen molar-refractivity contribution in [3.05, 3.63) is 59.7 Å². The lowest BCUT2D eigenvalue weighted by molar-refractivity contribution is -0.145. The van der Waals surface area contributed by atoms with Crippen LogP contribution in [0, 0.1) is 0 Å². The van der Waals surface area contributed by atoms with Gasteiger partial charge in [-0.1, -0.05) is 6.07 Å². The van der Waals surface area contributed by atoms with Crippen LogP contribution in [0.2, 0.25) is 0 Å². The average molecular weight is 445 g/mol. The van der Waals surface area contributed by atoms with E-state index in [4.69, 9.17) is 10.7 Å². The molecule has 2 aromatic heterocycles. The maximum atomic E-state index is 12.8. The minimum atomic E-state index is -4.62. The number of hydrogen-bond acceptors (Lipinski definition) is 7. The maximum absolute atomic E-state index is 12.8. The first-order valence-electron chi connectivity index (χ1n) is 10.1. The zero-order chi connectivity index (χ0) is 22.7. The van der Waals surface area contributed by atoms with Gasteiger partial charge in [-0.15, -0.1) is 0 Å². The molecule has 0 spiro atoms. The summed E-state index contributed by atoms with van der Waals surface area (Å²) >= 11 is 0. The Labute approximate surface area is 182 Å². The number of aromatic nitrogens is 3. The quantitative estimate of drug-likeness (QED) is 0.550. The van der Waals surface area contributed by atoms with Gasteiger partial charge < -0.3 is 21.3 Å². The molecule has 8 nitrogen and oxygen atoms in total. The molecule has 4 N–H and O–H groups in total. The van der Waals surface area contributed by atoms with Crippen molar-refractivity contribution in [2.24, 2.45) is 5.73 Å². The second-order valence-electron chi connectivity index (χ2n) is 7.43. The number of amides is 1. The Balaban J connectivity index is 1.45. The Bertz CT molecular complexity index is 1100. The van der Waals surface area contributed by atoms with Gasteiger partial charge in [0.1, 0.15) is 5.82 Å². The summed E-state index contributed by atoms with van der Waals surface area (Å²) in [5.41, 5.74) is 7.43. The first-order valence-corrected chi connectivity index (χ1v) is 10.1. The highest BCUT2D eigenvalue weighted by molar-refractivity contribution is 6.06. The van der Waals surface area contributed by atoms with Crippen molar-refractivity contribution in [3.8, 4) is 0 Å². The van der Waals surface area contributed by atoms with Gasteiger partial charge in [0.2, 0.25) is 5.82 Å². The summed E-state index contributed by atoms with van der Waals surface area (Å²) in [6, 6.07) is 8.32. The molecule has 3 aromatic rings. The second kappa shape index (κ2) is 9.05. The number of nitrogens with zero attached hydrogens (tertiary/aromatic N) is 4. The largest absolute Gasteiger partial charge is 0.451 e. The smallest absolute Gasteiger partial charge is 0.354 e. The number of anilines is 1. The Morgan fingerprint density at radius 3 is 2.56 bits per heavy atom. The minimum absolute atomic E-state index is 0.0102. The Morgan fingerprint density at radius 2 is 1.88 bits per heavy atom. The van der Waals surface area contributed by atoms with Gasteiger partial charge in [0.05, 0.1) is 11.6 Å². The van der Waals surface area contributed by atoms with Crippen molar-refractivity contribution in [2.45, 2.75) is 12.2 Å². The van der Waals surface area contributed by atoms with Crippen molar-refractivity contribution < 1.29 is 18.0 Å². The first kappa shape index (κ1) is 21.9. The molecule has 0 aliphatic carbocycles. The number of nitrogens with one attached hydrogen (secondary N) is 2. The number of piperazine rings is 1. The number of carbonyl (C=O) groups excluding carboxylic acids is 1. The van der Waals surface area contributed by atoms with Crippen LogP contribution in [0.15, 0.2) is 42.7 Å². The number of rotatable bonds is 5. The third-order valence-electron chi connectivity index (χ3n) is 5.24. The highest BCUT2D eigenvalue weighted by atomic mass is 19.4. The van der Waals surface area contributed by atoms with E-state index in [1.54, 1.807) is 12.1 Å². The number of nitrogens with two attached hydrogens (primary N) is 1. The van der Waals surface area contributed by atoms with Gasteiger partial charge in [0.25, 0.3) is 5.91 Å². The van der Waals surface area contributed by atoms with Gasteiger partial charge in [0, 0.05) is 61.6 Å². The van der Waals surface area contributed by atoms with E-state index in [9.17, 15) is 18.0 Å². The van der Waals surface area contributed by atoms with Gasteiger partial charge in [-0.25, -0.2) is 15.0 Å². The summed E-state index contributed by atoms with van der Waals surface area (Å²) in [5.74, 6) is -0.725.